The Morgan fingerprint density at radius 3 is 2.04 bits per heavy atom. The zero-order valence-corrected chi connectivity index (χ0v) is 15.4. The van der Waals surface area contributed by atoms with Gasteiger partial charge in [0, 0.05) is 83.7 Å². The minimum atomic E-state index is 0.799. The van der Waals surface area contributed by atoms with Crippen molar-refractivity contribution in [3.8, 4) is 0 Å². The highest BCUT2D eigenvalue weighted by atomic mass is 15.3. The third-order valence-electron chi connectivity index (χ3n) is 6.18. The van der Waals surface area contributed by atoms with Crippen molar-refractivity contribution in [1.29, 1.82) is 0 Å². The SMILES string of the molecule is c1ccc(N2CCN(CCN3CCN(C4CCNC4)CC3)CC2)cc1. The maximum absolute atomic E-state index is 3.50. The number of para-hydroxylation sites is 1. The molecule has 0 amide bonds. The van der Waals surface area contributed by atoms with Crippen LogP contribution in [-0.4, -0.2) is 99.3 Å². The molecule has 4 rings (SSSR count). The molecule has 138 valence electrons. The summed E-state index contributed by atoms with van der Waals surface area (Å²) in [5.74, 6) is 0. The van der Waals surface area contributed by atoms with Crippen LogP contribution in [0.1, 0.15) is 6.42 Å². The Balaban J connectivity index is 1.14. The van der Waals surface area contributed by atoms with Crippen molar-refractivity contribution in [1.82, 2.24) is 20.0 Å². The second kappa shape index (κ2) is 8.49. The van der Waals surface area contributed by atoms with Gasteiger partial charge in [-0.2, -0.15) is 0 Å². The standard InChI is InChI=1S/C20H33N5/c1-2-4-19(5-3-1)24-14-10-22(11-15-24)8-9-23-12-16-25(17-13-23)20-6-7-21-18-20/h1-5,20-21H,6-18H2. The fourth-order valence-electron chi connectivity index (χ4n) is 4.45. The van der Waals surface area contributed by atoms with Crippen LogP contribution in [0.25, 0.3) is 0 Å². The van der Waals surface area contributed by atoms with Gasteiger partial charge in [0.1, 0.15) is 0 Å². The van der Waals surface area contributed by atoms with E-state index >= 15 is 0 Å². The fourth-order valence-corrected chi connectivity index (χ4v) is 4.45. The van der Waals surface area contributed by atoms with Gasteiger partial charge in [0.15, 0.2) is 0 Å². The summed E-state index contributed by atoms with van der Waals surface area (Å²) in [6, 6.07) is 11.6. The summed E-state index contributed by atoms with van der Waals surface area (Å²) in [7, 11) is 0. The molecule has 3 fully saturated rings. The summed E-state index contributed by atoms with van der Waals surface area (Å²) in [6.07, 6.45) is 1.34. The van der Waals surface area contributed by atoms with Crippen LogP contribution in [0.3, 0.4) is 0 Å². The maximum Gasteiger partial charge on any atom is 0.0367 e. The highest BCUT2D eigenvalue weighted by Gasteiger charge is 2.26. The van der Waals surface area contributed by atoms with Gasteiger partial charge in [-0.15, -0.1) is 0 Å². The molecule has 3 saturated heterocycles. The summed E-state index contributed by atoms with van der Waals surface area (Å²) in [4.78, 5) is 10.5. The van der Waals surface area contributed by atoms with Crippen molar-refractivity contribution in [2.24, 2.45) is 0 Å². The molecule has 1 aromatic rings. The zero-order chi connectivity index (χ0) is 16.9. The summed E-state index contributed by atoms with van der Waals surface area (Å²) in [5, 5.41) is 3.50. The molecular formula is C20H33N5. The molecule has 3 aliphatic rings. The first-order chi connectivity index (χ1) is 12.4. The number of hydrogen-bond acceptors (Lipinski definition) is 5. The molecule has 1 aromatic carbocycles. The Kier molecular flexibility index (Phi) is 5.87. The van der Waals surface area contributed by atoms with E-state index in [4.69, 9.17) is 0 Å². The quantitative estimate of drug-likeness (QED) is 0.852. The normalized spacial score (nSPS) is 27.0. The van der Waals surface area contributed by atoms with Crippen LogP contribution in [0, 0.1) is 0 Å². The Hall–Kier alpha value is -1.14. The van der Waals surface area contributed by atoms with E-state index in [0.29, 0.717) is 0 Å². The largest absolute Gasteiger partial charge is 0.369 e. The van der Waals surface area contributed by atoms with Gasteiger partial charge in [0.2, 0.25) is 0 Å². The lowest BCUT2D eigenvalue weighted by Gasteiger charge is -2.40. The van der Waals surface area contributed by atoms with E-state index in [9.17, 15) is 0 Å². The first-order valence-corrected chi connectivity index (χ1v) is 10.1. The van der Waals surface area contributed by atoms with Crippen molar-refractivity contribution in [2.45, 2.75) is 12.5 Å². The minimum Gasteiger partial charge on any atom is -0.369 e. The first kappa shape index (κ1) is 17.3. The lowest BCUT2D eigenvalue weighted by molar-refractivity contribution is 0.0927. The number of benzene rings is 1. The van der Waals surface area contributed by atoms with Crippen LogP contribution < -0.4 is 10.2 Å². The second-order valence-electron chi connectivity index (χ2n) is 7.69. The average Bonchev–Trinajstić information content (AvgIpc) is 3.23. The van der Waals surface area contributed by atoms with Gasteiger partial charge in [-0.1, -0.05) is 18.2 Å². The highest BCUT2D eigenvalue weighted by Crippen LogP contribution is 2.16. The molecule has 0 spiro atoms. The van der Waals surface area contributed by atoms with E-state index in [1.54, 1.807) is 0 Å². The van der Waals surface area contributed by atoms with E-state index in [2.05, 4.69) is 55.2 Å². The van der Waals surface area contributed by atoms with Gasteiger partial charge < -0.3 is 10.2 Å². The van der Waals surface area contributed by atoms with Gasteiger partial charge in [0.25, 0.3) is 0 Å². The van der Waals surface area contributed by atoms with Gasteiger partial charge in [-0.25, -0.2) is 0 Å². The molecule has 25 heavy (non-hydrogen) atoms. The Bertz CT molecular complexity index is 500. The molecule has 1 N–H and O–H groups in total. The van der Waals surface area contributed by atoms with Crippen LogP contribution >= 0.6 is 0 Å². The number of anilines is 1. The highest BCUT2D eigenvalue weighted by molar-refractivity contribution is 5.46. The van der Waals surface area contributed by atoms with Crippen LogP contribution in [0.5, 0.6) is 0 Å². The number of piperazine rings is 2. The monoisotopic (exact) mass is 343 g/mol. The molecular weight excluding hydrogens is 310 g/mol. The van der Waals surface area contributed by atoms with Gasteiger partial charge in [-0.05, 0) is 25.1 Å². The van der Waals surface area contributed by atoms with Gasteiger partial charge >= 0.3 is 0 Å². The van der Waals surface area contributed by atoms with Crippen LogP contribution in [0.2, 0.25) is 0 Å². The van der Waals surface area contributed by atoms with Crippen molar-refractivity contribution in [3.63, 3.8) is 0 Å². The van der Waals surface area contributed by atoms with Crippen LogP contribution in [0.15, 0.2) is 30.3 Å². The minimum absolute atomic E-state index is 0.799. The number of nitrogens with zero attached hydrogens (tertiary/aromatic N) is 4. The summed E-state index contributed by atoms with van der Waals surface area (Å²) >= 11 is 0. The van der Waals surface area contributed by atoms with Crippen LogP contribution in [0.4, 0.5) is 5.69 Å². The maximum atomic E-state index is 3.50. The first-order valence-electron chi connectivity index (χ1n) is 10.1. The molecule has 3 heterocycles. The fraction of sp³-hybridized carbons (Fsp3) is 0.700. The molecule has 3 aliphatic heterocycles. The van der Waals surface area contributed by atoms with Gasteiger partial charge in [0.05, 0.1) is 0 Å². The zero-order valence-electron chi connectivity index (χ0n) is 15.4. The lowest BCUT2D eigenvalue weighted by atomic mass is 10.2. The molecule has 0 aromatic heterocycles. The van der Waals surface area contributed by atoms with E-state index < -0.39 is 0 Å². The summed E-state index contributed by atoms with van der Waals surface area (Å²) < 4.78 is 0. The van der Waals surface area contributed by atoms with Crippen molar-refractivity contribution in [2.75, 3.05) is 83.4 Å². The number of rotatable bonds is 5. The molecule has 0 aliphatic carbocycles. The Morgan fingerprint density at radius 1 is 0.800 bits per heavy atom. The molecule has 5 heteroatoms. The van der Waals surface area contributed by atoms with E-state index in [-0.39, 0.29) is 0 Å². The molecule has 0 saturated carbocycles. The van der Waals surface area contributed by atoms with Crippen molar-refractivity contribution < 1.29 is 0 Å². The Labute approximate surface area is 152 Å². The third-order valence-corrected chi connectivity index (χ3v) is 6.18. The molecule has 0 bridgehead atoms. The lowest BCUT2D eigenvalue weighted by Crippen LogP contribution is -2.53. The molecule has 0 radical (unpaired) electrons. The Morgan fingerprint density at radius 2 is 1.44 bits per heavy atom. The van der Waals surface area contributed by atoms with Crippen LogP contribution in [-0.2, 0) is 0 Å². The smallest absolute Gasteiger partial charge is 0.0367 e. The summed E-state index contributed by atoms with van der Waals surface area (Å²) in [6.45, 7) is 14.6. The predicted octanol–water partition coefficient (Wildman–Crippen LogP) is 0.788. The molecule has 1 unspecified atom stereocenters. The topological polar surface area (TPSA) is 25.0 Å². The van der Waals surface area contributed by atoms with E-state index in [1.165, 1.54) is 77.6 Å². The number of hydrogen-bond donors (Lipinski definition) is 1. The van der Waals surface area contributed by atoms with E-state index in [0.717, 1.165) is 19.1 Å². The molecule has 1 atom stereocenters. The summed E-state index contributed by atoms with van der Waals surface area (Å²) in [5.41, 5.74) is 1.37. The number of nitrogens with one attached hydrogen (secondary N) is 1. The van der Waals surface area contributed by atoms with Gasteiger partial charge in [-0.3, -0.25) is 14.7 Å². The molecule has 5 nitrogen and oxygen atoms in total. The second-order valence-corrected chi connectivity index (χ2v) is 7.69. The average molecular weight is 344 g/mol. The van der Waals surface area contributed by atoms with Crippen molar-refractivity contribution in [3.05, 3.63) is 30.3 Å². The predicted molar refractivity (Wildman–Crippen MR) is 104 cm³/mol. The van der Waals surface area contributed by atoms with Crippen molar-refractivity contribution >= 4 is 5.69 Å². The third kappa shape index (κ3) is 4.53. The van der Waals surface area contributed by atoms with E-state index in [1.807, 2.05) is 0 Å².